The lowest BCUT2D eigenvalue weighted by Crippen LogP contribution is -2.32. The first-order chi connectivity index (χ1) is 8.06. The molecule has 0 rings (SSSR count). The van der Waals surface area contributed by atoms with Gasteiger partial charge < -0.3 is 20.1 Å². The summed E-state index contributed by atoms with van der Waals surface area (Å²) in [6.45, 7) is 5.53. The molecule has 0 saturated heterocycles. The zero-order chi connectivity index (χ0) is 13.1. The molecule has 0 aromatic carbocycles. The van der Waals surface area contributed by atoms with E-state index in [2.05, 4.69) is 10.6 Å². The molecule has 0 aliphatic carbocycles. The van der Waals surface area contributed by atoms with Gasteiger partial charge in [0.2, 0.25) is 5.91 Å². The first kappa shape index (κ1) is 15.7. The molecular weight excluding hydrogens is 224 g/mol. The van der Waals surface area contributed by atoms with Crippen molar-refractivity contribution >= 4 is 12.0 Å². The molecule has 0 aromatic heterocycles. The summed E-state index contributed by atoms with van der Waals surface area (Å²) in [6.07, 6.45) is -0.246. The molecule has 0 saturated carbocycles. The monoisotopic (exact) mass is 246 g/mol. The van der Waals surface area contributed by atoms with Gasteiger partial charge in [0.1, 0.15) is 0 Å². The predicted molar refractivity (Wildman–Crippen MR) is 63.7 cm³/mol. The van der Waals surface area contributed by atoms with Crippen molar-refractivity contribution in [1.82, 2.24) is 10.6 Å². The summed E-state index contributed by atoms with van der Waals surface area (Å²) in [4.78, 5) is 22.3. The molecule has 100 valence electrons. The SMILES string of the molecule is COCCNC(=O)CCNC(=O)OCC(C)C. The summed E-state index contributed by atoms with van der Waals surface area (Å²) < 4.78 is 9.67. The Bertz CT molecular complexity index is 232. The number of hydrogen-bond acceptors (Lipinski definition) is 4. The summed E-state index contributed by atoms with van der Waals surface area (Å²) >= 11 is 0. The molecule has 17 heavy (non-hydrogen) atoms. The van der Waals surface area contributed by atoms with Crippen molar-refractivity contribution in [1.29, 1.82) is 0 Å². The van der Waals surface area contributed by atoms with Gasteiger partial charge >= 0.3 is 6.09 Å². The molecule has 0 fully saturated rings. The van der Waals surface area contributed by atoms with Crippen LogP contribution < -0.4 is 10.6 Å². The van der Waals surface area contributed by atoms with E-state index in [0.29, 0.717) is 25.7 Å². The number of methoxy groups -OCH3 is 1. The van der Waals surface area contributed by atoms with Crippen molar-refractivity contribution in [2.75, 3.05) is 33.4 Å². The van der Waals surface area contributed by atoms with Gasteiger partial charge in [0.05, 0.1) is 13.2 Å². The second kappa shape index (κ2) is 9.89. The molecule has 6 nitrogen and oxygen atoms in total. The summed E-state index contributed by atoms with van der Waals surface area (Å²) in [5.41, 5.74) is 0. The Morgan fingerprint density at radius 1 is 1.18 bits per heavy atom. The topological polar surface area (TPSA) is 76.7 Å². The molecule has 0 atom stereocenters. The van der Waals surface area contributed by atoms with Crippen LogP contribution in [0.5, 0.6) is 0 Å². The number of ether oxygens (including phenoxy) is 2. The first-order valence-corrected chi connectivity index (χ1v) is 5.72. The van der Waals surface area contributed by atoms with Crippen LogP contribution in [-0.2, 0) is 14.3 Å². The Labute approximate surface area is 102 Å². The Balaban J connectivity index is 3.42. The van der Waals surface area contributed by atoms with Crippen molar-refractivity contribution in [3.05, 3.63) is 0 Å². The highest BCUT2D eigenvalue weighted by molar-refractivity contribution is 5.76. The predicted octanol–water partition coefficient (Wildman–Crippen LogP) is 0.521. The van der Waals surface area contributed by atoms with Crippen LogP contribution in [0.25, 0.3) is 0 Å². The third-order valence-electron chi connectivity index (χ3n) is 1.80. The maximum absolute atomic E-state index is 11.2. The second-order valence-corrected chi connectivity index (χ2v) is 4.01. The van der Waals surface area contributed by atoms with Crippen molar-refractivity contribution in [3.63, 3.8) is 0 Å². The van der Waals surface area contributed by atoms with Crippen LogP contribution in [0.3, 0.4) is 0 Å². The van der Waals surface area contributed by atoms with E-state index in [1.54, 1.807) is 7.11 Å². The average Bonchev–Trinajstić information content (AvgIpc) is 2.27. The third kappa shape index (κ3) is 11.0. The lowest BCUT2D eigenvalue weighted by molar-refractivity contribution is -0.121. The number of nitrogens with one attached hydrogen (secondary N) is 2. The lowest BCUT2D eigenvalue weighted by Gasteiger charge is -2.08. The van der Waals surface area contributed by atoms with Gasteiger partial charge in [-0.1, -0.05) is 13.8 Å². The maximum atomic E-state index is 11.2. The molecule has 0 heterocycles. The zero-order valence-corrected chi connectivity index (χ0v) is 10.7. The van der Waals surface area contributed by atoms with Gasteiger partial charge in [-0.15, -0.1) is 0 Å². The van der Waals surface area contributed by atoms with Crippen LogP contribution in [-0.4, -0.2) is 45.4 Å². The number of carbonyl (C=O) groups excluding carboxylic acids is 2. The first-order valence-electron chi connectivity index (χ1n) is 5.72. The maximum Gasteiger partial charge on any atom is 0.407 e. The van der Waals surface area contributed by atoms with Gasteiger partial charge in [0.15, 0.2) is 0 Å². The number of carbonyl (C=O) groups is 2. The van der Waals surface area contributed by atoms with E-state index in [1.807, 2.05) is 13.8 Å². The van der Waals surface area contributed by atoms with E-state index in [0.717, 1.165) is 0 Å². The molecule has 0 spiro atoms. The van der Waals surface area contributed by atoms with Crippen LogP contribution in [0.1, 0.15) is 20.3 Å². The minimum atomic E-state index is -0.483. The minimum Gasteiger partial charge on any atom is -0.449 e. The average molecular weight is 246 g/mol. The van der Waals surface area contributed by atoms with Crippen molar-refractivity contribution in [3.8, 4) is 0 Å². The highest BCUT2D eigenvalue weighted by Gasteiger charge is 2.05. The molecule has 2 amide bonds. The molecule has 2 N–H and O–H groups in total. The molecule has 0 aliphatic heterocycles. The number of amides is 2. The number of rotatable bonds is 8. The van der Waals surface area contributed by atoms with Gasteiger partial charge in [0.25, 0.3) is 0 Å². The summed E-state index contributed by atoms with van der Waals surface area (Å²) in [5, 5.41) is 5.16. The number of hydrogen-bond donors (Lipinski definition) is 2. The normalized spacial score (nSPS) is 10.1. The fourth-order valence-corrected chi connectivity index (χ4v) is 0.952. The van der Waals surface area contributed by atoms with Crippen molar-refractivity contribution in [2.24, 2.45) is 5.92 Å². The molecule has 0 bridgehead atoms. The fraction of sp³-hybridized carbons (Fsp3) is 0.818. The summed E-state index contributed by atoms with van der Waals surface area (Å²) in [7, 11) is 1.57. The molecule has 0 radical (unpaired) electrons. The van der Waals surface area contributed by atoms with Gasteiger partial charge in [-0.2, -0.15) is 0 Å². The van der Waals surface area contributed by atoms with Crippen LogP contribution in [0.4, 0.5) is 4.79 Å². The standard InChI is InChI=1S/C11H22N2O4/c1-9(2)8-17-11(15)13-5-4-10(14)12-6-7-16-3/h9H,4-8H2,1-3H3,(H,12,14)(H,13,15). The molecular formula is C11H22N2O4. The van der Waals surface area contributed by atoms with Gasteiger partial charge in [-0.05, 0) is 5.92 Å². The Morgan fingerprint density at radius 2 is 1.88 bits per heavy atom. The molecule has 0 aromatic rings. The van der Waals surface area contributed by atoms with E-state index in [9.17, 15) is 9.59 Å². The van der Waals surface area contributed by atoms with Crippen LogP contribution in [0, 0.1) is 5.92 Å². The van der Waals surface area contributed by atoms with E-state index < -0.39 is 6.09 Å². The van der Waals surface area contributed by atoms with E-state index in [-0.39, 0.29) is 18.9 Å². The van der Waals surface area contributed by atoms with Crippen LogP contribution in [0.2, 0.25) is 0 Å². The Hall–Kier alpha value is -1.30. The highest BCUT2D eigenvalue weighted by Crippen LogP contribution is 1.92. The van der Waals surface area contributed by atoms with Gasteiger partial charge in [-0.3, -0.25) is 4.79 Å². The van der Waals surface area contributed by atoms with E-state index >= 15 is 0 Å². The van der Waals surface area contributed by atoms with Crippen LogP contribution >= 0.6 is 0 Å². The van der Waals surface area contributed by atoms with E-state index in [1.165, 1.54) is 0 Å². The smallest absolute Gasteiger partial charge is 0.407 e. The summed E-state index contributed by atoms with van der Waals surface area (Å²) in [6, 6.07) is 0. The van der Waals surface area contributed by atoms with Crippen molar-refractivity contribution in [2.45, 2.75) is 20.3 Å². The second-order valence-electron chi connectivity index (χ2n) is 4.01. The zero-order valence-electron chi connectivity index (χ0n) is 10.7. The van der Waals surface area contributed by atoms with Crippen LogP contribution in [0.15, 0.2) is 0 Å². The highest BCUT2D eigenvalue weighted by atomic mass is 16.5. The molecule has 6 heteroatoms. The lowest BCUT2D eigenvalue weighted by atomic mass is 10.2. The largest absolute Gasteiger partial charge is 0.449 e. The number of alkyl carbamates (subject to hydrolysis) is 1. The summed E-state index contributed by atoms with van der Waals surface area (Å²) in [5.74, 6) is 0.185. The quantitative estimate of drug-likeness (QED) is 0.612. The van der Waals surface area contributed by atoms with Gasteiger partial charge in [0, 0.05) is 26.6 Å². The molecule has 0 unspecified atom stereocenters. The Kier molecular flexibility index (Phi) is 9.14. The molecule has 0 aliphatic rings. The minimum absolute atomic E-state index is 0.119. The Morgan fingerprint density at radius 3 is 2.47 bits per heavy atom. The third-order valence-corrected chi connectivity index (χ3v) is 1.80. The van der Waals surface area contributed by atoms with Gasteiger partial charge in [-0.25, -0.2) is 4.79 Å². The van der Waals surface area contributed by atoms with E-state index in [4.69, 9.17) is 9.47 Å². The van der Waals surface area contributed by atoms with Crippen molar-refractivity contribution < 1.29 is 19.1 Å². The fourth-order valence-electron chi connectivity index (χ4n) is 0.952.